The molecular formula is C9H7BrF3NO2. The molecule has 0 radical (unpaired) electrons. The van der Waals surface area contributed by atoms with Crippen molar-refractivity contribution in [3.8, 4) is 0 Å². The van der Waals surface area contributed by atoms with E-state index < -0.39 is 30.3 Å². The van der Waals surface area contributed by atoms with E-state index in [4.69, 9.17) is 0 Å². The second-order valence-electron chi connectivity index (χ2n) is 2.86. The van der Waals surface area contributed by atoms with Gasteiger partial charge in [-0.3, -0.25) is 4.79 Å². The van der Waals surface area contributed by atoms with Gasteiger partial charge in [-0.1, -0.05) is 0 Å². The number of pyridine rings is 1. The van der Waals surface area contributed by atoms with Gasteiger partial charge in [-0.05, 0) is 22.0 Å². The summed E-state index contributed by atoms with van der Waals surface area (Å²) in [5.41, 5.74) is -0.767. The minimum Gasteiger partial charge on any atom is -0.469 e. The van der Waals surface area contributed by atoms with E-state index in [1.54, 1.807) is 0 Å². The van der Waals surface area contributed by atoms with Crippen LogP contribution in [0.5, 0.6) is 0 Å². The number of carbonyl (C=O) groups excluding carboxylic acids is 1. The van der Waals surface area contributed by atoms with Crippen LogP contribution in [0.25, 0.3) is 0 Å². The van der Waals surface area contributed by atoms with Crippen molar-refractivity contribution in [2.45, 2.75) is 12.8 Å². The van der Waals surface area contributed by atoms with Crippen molar-refractivity contribution >= 4 is 21.9 Å². The molecule has 0 saturated carbocycles. The van der Waals surface area contributed by atoms with Crippen molar-refractivity contribution in [3.05, 3.63) is 27.7 Å². The lowest BCUT2D eigenvalue weighted by molar-refractivity contribution is -0.139. The number of halogens is 4. The van der Waals surface area contributed by atoms with Gasteiger partial charge in [0.05, 0.1) is 13.5 Å². The highest BCUT2D eigenvalue weighted by Crippen LogP contribution is 2.24. The molecule has 0 N–H and O–H groups in total. The molecule has 0 aliphatic heterocycles. The van der Waals surface area contributed by atoms with Gasteiger partial charge in [0, 0.05) is 5.56 Å². The summed E-state index contributed by atoms with van der Waals surface area (Å²) in [7, 11) is 1.13. The van der Waals surface area contributed by atoms with Gasteiger partial charge in [0.15, 0.2) is 5.82 Å². The van der Waals surface area contributed by atoms with Crippen molar-refractivity contribution in [2.24, 2.45) is 0 Å². The SMILES string of the molecule is COC(=O)Cc1cc(C(F)F)nc(Br)c1F. The van der Waals surface area contributed by atoms with Crippen LogP contribution in [-0.2, 0) is 16.0 Å². The molecule has 3 nitrogen and oxygen atoms in total. The first-order valence-electron chi connectivity index (χ1n) is 4.15. The van der Waals surface area contributed by atoms with E-state index in [0.717, 1.165) is 13.2 Å². The van der Waals surface area contributed by atoms with Gasteiger partial charge in [0.2, 0.25) is 0 Å². The normalized spacial score (nSPS) is 10.6. The molecule has 0 spiro atoms. The average molecular weight is 298 g/mol. The number of hydrogen-bond donors (Lipinski definition) is 0. The first-order valence-corrected chi connectivity index (χ1v) is 4.94. The van der Waals surface area contributed by atoms with E-state index >= 15 is 0 Å². The number of alkyl halides is 2. The lowest BCUT2D eigenvalue weighted by Crippen LogP contribution is -2.08. The molecule has 1 aromatic rings. The van der Waals surface area contributed by atoms with Crippen molar-refractivity contribution in [1.29, 1.82) is 0 Å². The highest BCUT2D eigenvalue weighted by molar-refractivity contribution is 9.10. The number of hydrogen-bond acceptors (Lipinski definition) is 3. The molecule has 0 atom stereocenters. The molecular weight excluding hydrogens is 291 g/mol. The summed E-state index contributed by atoms with van der Waals surface area (Å²) in [5.74, 6) is -1.55. The van der Waals surface area contributed by atoms with Crippen molar-refractivity contribution in [1.82, 2.24) is 4.98 Å². The van der Waals surface area contributed by atoms with Crippen LogP contribution in [0, 0.1) is 5.82 Å². The minimum atomic E-state index is -2.83. The largest absolute Gasteiger partial charge is 0.469 e. The first-order chi connectivity index (χ1) is 7.45. The Morgan fingerprint density at radius 2 is 2.25 bits per heavy atom. The Bertz CT molecular complexity index is 412. The molecule has 0 unspecified atom stereocenters. The molecule has 0 saturated heterocycles. The van der Waals surface area contributed by atoms with E-state index in [-0.39, 0.29) is 10.2 Å². The maximum absolute atomic E-state index is 13.4. The Kier molecular flexibility index (Phi) is 4.28. The highest BCUT2D eigenvalue weighted by Gasteiger charge is 2.18. The maximum atomic E-state index is 13.4. The first kappa shape index (κ1) is 13.0. The molecule has 0 bridgehead atoms. The Morgan fingerprint density at radius 3 is 2.75 bits per heavy atom. The third kappa shape index (κ3) is 2.94. The molecule has 1 heterocycles. The van der Waals surface area contributed by atoms with Gasteiger partial charge in [-0.15, -0.1) is 0 Å². The average Bonchev–Trinajstić information content (AvgIpc) is 2.23. The number of aromatic nitrogens is 1. The molecule has 88 valence electrons. The highest BCUT2D eigenvalue weighted by atomic mass is 79.9. The third-order valence-corrected chi connectivity index (χ3v) is 2.32. The van der Waals surface area contributed by atoms with Gasteiger partial charge in [-0.2, -0.15) is 0 Å². The Labute approximate surface area is 97.8 Å². The summed E-state index contributed by atoms with van der Waals surface area (Å²) in [4.78, 5) is 14.2. The fourth-order valence-electron chi connectivity index (χ4n) is 1.04. The summed E-state index contributed by atoms with van der Waals surface area (Å²) in [5, 5.41) is 0. The fraction of sp³-hybridized carbons (Fsp3) is 0.333. The maximum Gasteiger partial charge on any atom is 0.310 e. The smallest absolute Gasteiger partial charge is 0.310 e. The van der Waals surface area contributed by atoms with E-state index in [2.05, 4.69) is 25.7 Å². The second kappa shape index (κ2) is 5.29. The van der Waals surface area contributed by atoms with Crippen LogP contribution in [0.2, 0.25) is 0 Å². The topological polar surface area (TPSA) is 39.2 Å². The monoisotopic (exact) mass is 297 g/mol. The van der Waals surface area contributed by atoms with Gasteiger partial charge >= 0.3 is 5.97 Å². The number of carbonyl (C=O) groups is 1. The van der Waals surface area contributed by atoms with Crippen LogP contribution in [0.1, 0.15) is 17.7 Å². The fourth-order valence-corrected chi connectivity index (χ4v) is 1.50. The van der Waals surface area contributed by atoms with Gasteiger partial charge in [0.1, 0.15) is 10.3 Å². The van der Waals surface area contributed by atoms with Crippen LogP contribution in [-0.4, -0.2) is 18.1 Å². The summed E-state index contributed by atoms with van der Waals surface area (Å²) in [6, 6.07) is 0.849. The Morgan fingerprint density at radius 1 is 1.62 bits per heavy atom. The van der Waals surface area contributed by atoms with E-state index in [9.17, 15) is 18.0 Å². The second-order valence-corrected chi connectivity index (χ2v) is 3.62. The zero-order chi connectivity index (χ0) is 12.3. The van der Waals surface area contributed by atoms with Crippen LogP contribution in [0.15, 0.2) is 10.7 Å². The zero-order valence-electron chi connectivity index (χ0n) is 8.14. The standard InChI is InChI=1S/C9H7BrF3NO2/c1-16-6(15)3-4-2-5(9(12)13)14-8(10)7(4)11/h2,9H,3H2,1H3. The molecule has 0 aliphatic rings. The predicted octanol–water partition coefficient (Wildman–Crippen LogP) is 2.64. The molecule has 0 amide bonds. The number of methoxy groups -OCH3 is 1. The summed E-state index contributed by atoms with van der Waals surface area (Å²) in [6.07, 6.45) is -3.24. The number of rotatable bonds is 3. The molecule has 1 rings (SSSR count). The summed E-state index contributed by atoms with van der Waals surface area (Å²) in [6.45, 7) is 0. The lowest BCUT2D eigenvalue weighted by Gasteiger charge is -2.06. The predicted molar refractivity (Wildman–Crippen MR) is 52.6 cm³/mol. The van der Waals surface area contributed by atoms with E-state index in [1.807, 2.05) is 0 Å². The van der Waals surface area contributed by atoms with E-state index in [1.165, 1.54) is 0 Å². The lowest BCUT2D eigenvalue weighted by atomic mass is 10.1. The molecule has 7 heteroatoms. The summed E-state index contributed by atoms with van der Waals surface area (Å²) >= 11 is 2.71. The Balaban J connectivity index is 3.11. The van der Waals surface area contributed by atoms with E-state index in [0.29, 0.717) is 0 Å². The van der Waals surface area contributed by atoms with Crippen molar-refractivity contribution < 1.29 is 22.7 Å². The number of nitrogens with zero attached hydrogens (tertiary/aromatic N) is 1. The molecule has 16 heavy (non-hydrogen) atoms. The van der Waals surface area contributed by atoms with Gasteiger partial charge < -0.3 is 4.74 Å². The number of ether oxygens (including phenoxy) is 1. The van der Waals surface area contributed by atoms with Gasteiger partial charge in [-0.25, -0.2) is 18.2 Å². The molecule has 0 aromatic carbocycles. The quantitative estimate of drug-likeness (QED) is 0.636. The molecule has 0 fully saturated rings. The van der Waals surface area contributed by atoms with Crippen LogP contribution in [0.4, 0.5) is 13.2 Å². The molecule has 0 aliphatic carbocycles. The summed E-state index contributed by atoms with van der Waals surface area (Å²) < 4.78 is 42.1. The van der Waals surface area contributed by atoms with Crippen molar-refractivity contribution in [2.75, 3.05) is 7.11 Å². The van der Waals surface area contributed by atoms with Crippen LogP contribution >= 0.6 is 15.9 Å². The van der Waals surface area contributed by atoms with Crippen LogP contribution < -0.4 is 0 Å². The van der Waals surface area contributed by atoms with Crippen LogP contribution in [0.3, 0.4) is 0 Å². The third-order valence-electron chi connectivity index (χ3n) is 1.80. The van der Waals surface area contributed by atoms with Crippen molar-refractivity contribution in [3.63, 3.8) is 0 Å². The number of esters is 1. The molecule has 1 aromatic heterocycles. The Hall–Kier alpha value is -1.11. The zero-order valence-corrected chi connectivity index (χ0v) is 9.72. The van der Waals surface area contributed by atoms with Gasteiger partial charge in [0.25, 0.3) is 6.43 Å². The minimum absolute atomic E-state index is 0.177.